The third-order valence-corrected chi connectivity index (χ3v) is 5.54. The Hall–Kier alpha value is -1.84. The van der Waals surface area contributed by atoms with Crippen LogP contribution in [0, 0.1) is 5.92 Å². The van der Waals surface area contributed by atoms with E-state index in [-0.39, 0.29) is 0 Å². The molecule has 2 aromatic rings. The Balaban J connectivity index is 1.32. The lowest BCUT2D eigenvalue weighted by Crippen LogP contribution is -2.23. The van der Waals surface area contributed by atoms with Gasteiger partial charge < -0.3 is 15.2 Å². The summed E-state index contributed by atoms with van der Waals surface area (Å²) in [5, 5.41) is 13.8. The first-order valence-corrected chi connectivity index (χ1v) is 10.5. The summed E-state index contributed by atoms with van der Waals surface area (Å²) in [5.74, 6) is 1.77. The van der Waals surface area contributed by atoms with E-state index in [0.717, 1.165) is 29.3 Å². The third-order valence-electron chi connectivity index (χ3n) is 5.54. The maximum atomic E-state index is 10.4. The van der Waals surface area contributed by atoms with Crippen molar-refractivity contribution >= 4 is 0 Å². The number of aliphatic hydroxyl groups is 1. The van der Waals surface area contributed by atoms with E-state index in [1.165, 1.54) is 44.9 Å². The lowest BCUT2D eigenvalue weighted by molar-refractivity contribution is 0.174. The molecule has 1 atom stereocenters. The Kier molecular flexibility index (Phi) is 8.19. The minimum Gasteiger partial charge on any atom is -0.489 e. The fraction of sp³-hybridized carbons (Fsp3) is 0.500. The highest BCUT2D eigenvalue weighted by Gasteiger charge is 2.13. The Labute approximate surface area is 163 Å². The SMILES string of the molecule is OC(CNCCCC1CCCCC1)c1ccc(OCc2ccccc2)cc1. The van der Waals surface area contributed by atoms with Gasteiger partial charge in [-0.25, -0.2) is 0 Å². The predicted octanol–water partition coefficient (Wildman–Crippen LogP) is 5.25. The van der Waals surface area contributed by atoms with E-state index in [0.29, 0.717) is 13.2 Å². The van der Waals surface area contributed by atoms with Crippen LogP contribution in [0.15, 0.2) is 54.6 Å². The van der Waals surface area contributed by atoms with Crippen LogP contribution in [0.4, 0.5) is 0 Å². The van der Waals surface area contributed by atoms with E-state index in [4.69, 9.17) is 4.74 Å². The van der Waals surface area contributed by atoms with Gasteiger partial charge in [0.2, 0.25) is 0 Å². The summed E-state index contributed by atoms with van der Waals surface area (Å²) < 4.78 is 5.80. The van der Waals surface area contributed by atoms with Crippen LogP contribution in [0.2, 0.25) is 0 Å². The molecule has 3 nitrogen and oxygen atoms in total. The molecule has 0 amide bonds. The van der Waals surface area contributed by atoms with E-state index in [9.17, 15) is 5.11 Å². The first-order valence-electron chi connectivity index (χ1n) is 10.5. The number of nitrogens with one attached hydrogen (secondary N) is 1. The van der Waals surface area contributed by atoms with Crippen molar-refractivity contribution in [3.63, 3.8) is 0 Å². The molecule has 0 saturated heterocycles. The smallest absolute Gasteiger partial charge is 0.119 e. The molecule has 0 aromatic heterocycles. The topological polar surface area (TPSA) is 41.5 Å². The largest absolute Gasteiger partial charge is 0.489 e. The van der Waals surface area contributed by atoms with E-state index in [1.807, 2.05) is 42.5 Å². The molecular weight excluding hydrogens is 334 g/mol. The molecule has 1 saturated carbocycles. The average Bonchev–Trinajstić information content (AvgIpc) is 2.74. The van der Waals surface area contributed by atoms with Gasteiger partial charge in [-0.1, -0.05) is 74.6 Å². The van der Waals surface area contributed by atoms with E-state index in [1.54, 1.807) is 0 Å². The normalized spacial score (nSPS) is 16.2. The van der Waals surface area contributed by atoms with Gasteiger partial charge >= 0.3 is 0 Å². The van der Waals surface area contributed by atoms with Gasteiger partial charge in [0.15, 0.2) is 0 Å². The molecule has 1 unspecified atom stereocenters. The van der Waals surface area contributed by atoms with Crippen LogP contribution < -0.4 is 10.1 Å². The molecule has 2 aromatic carbocycles. The molecule has 3 rings (SSSR count). The summed E-state index contributed by atoms with van der Waals surface area (Å²) in [6, 6.07) is 17.9. The van der Waals surface area contributed by atoms with Crippen molar-refractivity contribution in [3.05, 3.63) is 65.7 Å². The lowest BCUT2D eigenvalue weighted by atomic mass is 9.86. The first-order chi connectivity index (χ1) is 13.3. The van der Waals surface area contributed by atoms with Crippen molar-refractivity contribution in [3.8, 4) is 5.75 Å². The maximum Gasteiger partial charge on any atom is 0.119 e. The van der Waals surface area contributed by atoms with Gasteiger partial charge in [-0.2, -0.15) is 0 Å². The number of hydrogen-bond acceptors (Lipinski definition) is 3. The summed E-state index contributed by atoms with van der Waals surface area (Å²) in [6.07, 6.45) is 9.17. The second-order valence-corrected chi connectivity index (χ2v) is 7.71. The van der Waals surface area contributed by atoms with Crippen molar-refractivity contribution in [2.24, 2.45) is 5.92 Å². The number of rotatable bonds is 10. The zero-order valence-electron chi connectivity index (χ0n) is 16.3. The highest BCUT2D eigenvalue weighted by molar-refractivity contribution is 5.29. The van der Waals surface area contributed by atoms with Gasteiger partial charge in [-0.15, -0.1) is 0 Å². The molecule has 1 aliphatic rings. The Bertz CT molecular complexity index is 635. The minimum absolute atomic E-state index is 0.470. The van der Waals surface area contributed by atoms with Gasteiger partial charge in [-0.05, 0) is 48.6 Å². The predicted molar refractivity (Wildman–Crippen MR) is 111 cm³/mol. The van der Waals surface area contributed by atoms with E-state index >= 15 is 0 Å². The van der Waals surface area contributed by atoms with Gasteiger partial charge in [0.05, 0.1) is 6.10 Å². The van der Waals surface area contributed by atoms with Gasteiger partial charge in [0.25, 0.3) is 0 Å². The maximum absolute atomic E-state index is 10.4. The van der Waals surface area contributed by atoms with Crippen molar-refractivity contribution in [2.75, 3.05) is 13.1 Å². The highest BCUT2D eigenvalue weighted by Crippen LogP contribution is 2.27. The molecular formula is C24H33NO2. The molecule has 1 fully saturated rings. The standard InChI is InChI=1S/C24H33NO2/c26-24(18-25-17-7-12-20-8-3-1-4-9-20)22-13-15-23(16-14-22)27-19-21-10-5-2-6-11-21/h2,5-6,10-11,13-16,20,24-26H,1,3-4,7-9,12,17-19H2. The molecule has 2 N–H and O–H groups in total. The van der Waals surface area contributed by atoms with Gasteiger partial charge in [0, 0.05) is 6.54 Å². The van der Waals surface area contributed by atoms with Crippen LogP contribution in [0.25, 0.3) is 0 Å². The Morgan fingerprint density at radius 2 is 1.70 bits per heavy atom. The summed E-state index contributed by atoms with van der Waals surface area (Å²) in [4.78, 5) is 0. The molecule has 146 valence electrons. The Morgan fingerprint density at radius 1 is 0.963 bits per heavy atom. The van der Waals surface area contributed by atoms with Crippen molar-refractivity contribution in [1.82, 2.24) is 5.32 Å². The number of aliphatic hydroxyl groups excluding tert-OH is 1. The van der Waals surface area contributed by atoms with Crippen LogP contribution in [-0.2, 0) is 6.61 Å². The Morgan fingerprint density at radius 3 is 2.44 bits per heavy atom. The number of ether oxygens (including phenoxy) is 1. The first kappa shape index (κ1) is 19.9. The molecule has 0 aliphatic heterocycles. The van der Waals surface area contributed by atoms with Crippen LogP contribution in [-0.4, -0.2) is 18.2 Å². The number of benzene rings is 2. The molecule has 1 aliphatic carbocycles. The van der Waals surface area contributed by atoms with E-state index in [2.05, 4.69) is 17.4 Å². The van der Waals surface area contributed by atoms with Crippen LogP contribution in [0.1, 0.15) is 62.2 Å². The molecule has 0 bridgehead atoms. The fourth-order valence-corrected chi connectivity index (χ4v) is 3.88. The molecule has 0 spiro atoms. The highest BCUT2D eigenvalue weighted by atomic mass is 16.5. The zero-order chi connectivity index (χ0) is 18.7. The molecule has 0 heterocycles. The third kappa shape index (κ3) is 7.00. The minimum atomic E-state index is -0.470. The average molecular weight is 368 g/mol. The van der Waals surface area contributed by atoms with E-state index < -0.39 is 6.10 Å². The summed E-state index contributed by atoms with van der Waals surface area (Å²) in [6.45, 7) is 2.16. The fourth-order valence-electron chi connectivity index (χ4n) is 3.88. The van der Waals surface area contributed by atoms with Crippen molar-refractivity contribution in [2.45, 2.75) is 57.7 Å². The van der Waals surface area contributed by atoms with Crippen LogP contribution >= 0.6 is 0 Å². The quantitative estimate of drug-likeness (QED) is 0.564. The summed E-state index contributed by atoms with van der Waals surface area (Å²) >= 11 is 0. The second-order valence-electron chi connectivity index (χ2n) is 7.71. The van der Waals surface area contributed by atoms with Gasteiger partial charge in [-0.3, -0.25) is 0 Å². The molecule has 3 heteroatoms. The van der Waals surface area contributed by atoms with Crippen LogP contribution in [0.5, 0.6) is 5.75 Å². The van der Waals surface area contributed by atoms with Crippen molar-refractivity contribution in [1.29, 1.82) is 0 Å². The monoisotopic (exact) mass is 367 g/mol. The van der Waals surface area contributed by atoms with Crippen molar-refractivity contribution < 1.29 is 9.84 Å². The number of hydrogen-bond donors (Lipinski definition) is 2. The zero-order valence-corrected chi connectivity index (χ0v) is 16.3. The lowest BCUT2D eigenvalue weighted by Gasteiger charge is -2.21. The second kappa shape index (κ2) is 11.1. The molecule has 27 heavy (non-hydrogen) atoms. The molecule has 0 radical (unpaired) electrons. The van der Waals surface area contributed by atoms with Gasteiger partial charge in [0.1, 0.15) is 12.4 Å². The van der Waals surface area contributed by atoms with Crippen LogP contribution in [0.3, 0.4) is 0 Å². The summed E-state index contributed by atoms with van der Waals surface area (Å²) in [5.41, 5.74) is 2.08. The summed E-state index contributed by atoms with van der Waals surface area (Å²) in [7, 11) is 0.